The molecule has 0 aromatic carbocycles. The van der Waals surface area contributed by atoms with Gasteiger partial charge < -0.3 is 5.73 Å². The zero-order chi connectivity index (χ0) is 13.3. The predicted molar refractivity (Wildman–Crippen MR) is 71.2 cm³/mol. The van der Waals surface area contributed by atoms with Crippen LogP contribution in [0.4, 0.5) is 0 Å². The number of hydrogen-bond acceptors (Lipinski definition) is 3. The van der Waals surface area contributed by atoms with Crippen LogP contribution in [0.5, 0.6) is 0 Å². The molecule has 17 heavy (non-hydrogen) atoms. The van der Waals surface area contributed by atoms with Crippen LogP contribution < -0.4 is 5.73 Å². The fraction of sp³-hybridized carbons (Fsp3) is 1.00. The van der Waals surface area contributed by atoms with Crippen LogP contribution in [0.15, 0.2) is 0 Å². The molecule has 1 heterocycles. The minimum Gasteiger partial charge on any atom is -0.329 e. The SMILES string of the molecule is CCC1CCN(S(=O)(=O)C(C)(C)C)C(CN)C1. The average Bonchev–Trinajstić information content (AvgIpc) is 2.26. The molecule has 0 saturated carbocycles. The van der Waals surface area contributed by atoms with Gasteiger partial charge in [-0.25, -0.2) is 8.42 Å². The normalized spacial score (nSPS) is 28.3. The molecule has 0 spiro atoms. The first-order valence-corrected chi connectivity index (χ1v) is 7.89. The molecule has 102 valence electrons. The van der Waals surface area contributed by atoms with Gasteiger partial charge in [0.2, 0.25) is 10.0 Å². The summed E-state index contributed by atoms with van der Waals surface area (Å²) in [4.78, 5) is 0. The summed E-state index contributed by atoms with van der Waals surface area (Å²) >= 11 is 0. The third-order valence-electron chi connectivity index (χ3n) is 3.70. The lowest BCUT2D eigenvalue weighted by Gasteiger charge is -2.41. The minimum absolute atomic E-state index is 0.0158. The Morgan fingerprint density at radius 3 is 2.35 bits per heavy atom. The fourth-order valence-corrected chi connectivity index (χ4v) is 3.98. The second-order valence-corrected chi connectivity index (χ2v) is 8.56. The third-order valence-corrected chi connectivity index (χ3v) is 6.35. The zero-order valence-electron chi connectivity index (χ0n) is 11.4. The van der Waals surface area contributed by atoms with Crippen molar-refractivity contribution in [3.8, 4) is 0 Å². The number of sulfonamides is 1. The second-order valence-electron chi connectivity index (χ2n) is 5.92. The highest BCUT2D eigenvalue weighted by Crippen LogP contribution is 2.31. The molecule has 1 saturated heterocycles. The Bertz CT molecular complexity index is 346. The summed E-state index contributed by atoms with van der Waals surface area (Å²) in [7, 11) is -3.24. The lowest BCUT2D eigenvalue weighted by Crippen LogP contribution is -2.54. The van der Waals surface area contributed by atoms with Crippen LogP contribution in [0.3, 0.4) is 0 Å². The van der Waals surface area contributed by atoms with Crippen LogP contribution in [0.1, 0.15) is 47.0 Å². The number of hydrogen-bond donors (Lipinski definition) is 1. The van der Waals surface area contributed by atoms with Gasteiger partial charge in [0.25, 0.3) is 0 Å². The maximum atomic E-state index is 12.4. The molecule has 0 amide bonds. The summed E-state index contributed by atoms with van der Waals surface area (Å²) in [5, 5.41) is 0. The Morgan fingerprint density at radius 2 is 1.94 bits per heavy atom. The Labute approximate surface area is 106 Å². The molecule has 1 aliphatic rings. The molecule has 0 bridgehead atoms. The highest BCUT2D eigenvalue weighted by atomic mass is 32.2. The van der Waals surface area contributed by atoms with Crippen LogP contribution >= 0.6 is 0 Å². The van der Waals surface area contributed by atoms with Crippen molar-refractivity contribution in [3.05, 3.63) is 0 Å². The van der Waals surface area contributed by atoms with Gasteiger partial charge in [-0.05, 0) is 39.5 Å². The van der Waals surface area contributed by atoms with E-state index in [2.05, 4.69) is 6.92 Å². The van der Waals surface area contributed by atoms with Crippen molar-refractivity contribution >= 4 is 10.0 Å². The van der Waals surface area contributed by atoms with E-state index in [0.29, 0.717) is 19.0 Å². The molecule has 1 fully saturated rings. The van der Waals surface area contributed by atoms with Crippen LogP contribution in [0, 0.1) is 5.92 Å². The Kier molecular flexibility index (Phi) is 4.60. The van der Waals surface area contributed by atoms with E-state index in [4.69, 9.17) is 5.73 Å². The number of nitrogens with zero attached hydrogens (tertiary/aromatic N) is 1. The molecule has 0 aromatic rings. The van der Waals surface area contributed by atoms with Gasteiger partial charge in [-0.1, -0.05) is 13.3 Å². The van der Waals surface area contributed by atoms with Crippen LogP contribution in [0.2, 0.25) is 0 Å². The highest BCUT2D eigenvalue weighted by Gasteiger charge is 2.41. The maximum Gasteiger partial charge on any atom is 0.219 e. The van der Waals surface area contributed by atoms with Gasteiger partial charge in [0.05, 0.1) is 4.75 Å². The first-order chi connectivity index (χ1) is 7.74. The quantitative estimate of drug-likeness (QED) is 0.839. The summed E-state index contributed by atoms with van der Waals surface area (Å²) in [5.41, 5.74) is 5.74. The fourth-order valence-electron chi connectivity index (χ4n) is 2.37. The highest BCUT2D eigenvalue weighted by molar-refractivity contribution is 7.90. The Morgan fingerprint density at radius 1 is 1.35 bits per heavy atom. The minimum atomic E-state index is -3.24. The first kappa shape index (κ1) is 14.9. The van der Waals surface area contributed by atoms with Gasteiger partial charge in [-0.3, -0.25) is 0 Å². The third kappa shape index (κ3) is 3.01. The molecule has 5 heteroatoms. The summed E-state index contributed by atoms with van der Waals surface area (Å²) < 4.78 is 25.8. The smallest absolute Gasteiger partial charge is 0.219 e. The van der Waals surface area contributed by atoms with E-state index in [1.807, 2.05) is 0 Å². The van der Waals surface area contributed by atoms with E-state index in [-0.39, 0.29) is 6.04 Å². The van der Waals surface area contributed by atoms with Crippen molar-refractivity contribution in [3.63, 3.8) is 0 Å². The summed E-state index contributed by atoms with van der Waals surface area (Å²) in [6.07, 6.45) is 2.98. The zero-order valence-corrected chi connectivity index (χ0v) is 12.3. The van der Waals surface area contributed by atoms with Crippen molar-refractivity contribution in [1.29, 1.82) is 0 Å². The lowest BCUT2D eigenvalue weighted by atomic mass is 9.90. The van der Waals surface area contributed by atoms with E-state index < -0.39 is 14.8 Å². The Balaban J connectivity index is 2.92. The molecule has 2 unspecified atom stereocenters. The second kappa shape index (κ2) is 5.24. The van der Waals surface area contributed by atoms with Crippen molar-refractivity contribution in [2.75, 3.05) is 13.1 Å². The average molecular weight is 262 g/mol. The van der Waals surface area contributed by atoms with Gasteiger partial charge in [-0.15, -0.1) is 0 Å². The molecular weight excluding hydrogens is 236 g/mol. The molecule has 0 aromatic heterocycles. The monoisotopic (exact) mass is 262 g/mol. The summed E-state index contributed by atoms with van der Waals surface area (Å²) in [6, 6.07) is -0.0158. The van der Waals surface area contributed by atoms with E-state index in [0.717, 1.165) is 19.3 Å². The molecule has 2 N–H and O–H groups in total. The standard InChI is InChI=1S/C12H26N2O2S/c1-5-10-6-7-14(11(8-10)9-13)17(15,16)12(2,3)4/h10-11H,5-9,13H2,1-4H3. The van der Waals surface area contributed by atoms with Crippen LogP contribution in [0.25, 0.3) is 0 Å². The number of rotatable bonds is 3. The summed E-state index contributed by atoms with van der Waals surface area (Å²) in [6.45, 7) is 8.46. The maximum absolute atomic E-state index is 12.4. The Hall–Kier alpha value is -0.130. The van der Waals surface area contributed by atoms with E-state index >= 15 is 0 Å². The molecule has 0 radical (unpaired) electrons. The van der Waals surface area contributed by atoms with Crippen molar-refractivity contribution < 1.29 is 8.42 Å². The topological polar surface area (TPSA) is 63.4 Å². The van der Waals surface area contributed by atoms with Gasteiger partial charge >= 0.3 is 0 Å². The van der Waals surface area contributed by atoms with Crippen molar-refractivity contribution in [1.82, 2.24) is 4.31 Å². The summed E-state index contributed by atoms with van der Waals surface area (Å²) in [5.74, 6) is 0.620. The predicted octanol–water partition coefficient (Wildman–Crippen LogP) is 1.56. The van der Waals surface area contributed by atoms with Crippen molar-refractivity contribution in [2.45, 2.75) is 57.7 Å². The molecule has 1 rings (SSSR count). The van der Waals surface area contributed by atoms with Gasteiger partial charge in [0, 0.05) is 19.1 Å². The molecule has 4 nitrogen and oxygen atoms in total. The lowest BCUT2D eigenvalue weighted by molar-refractivity contribution is 0.194. The largest absolute Gasteiger partial charge is 0.329 e. The van der Waals surface area contributed by atoms with Crippen LogP contribution in [-0.2, 0) is 10.0 Å². The van der Waals surface area contributed by atoms with Gasteiger partial charge in [0.1, 0.15) is 0 Å². The van der Waals surface area contributed by atoms with E-state index in [9.17, 15) is 8.42 Å². The molecule has 1 aliphatic heterocycles. The number of nitrogens with two attached hydrogens (primary N) is 1. The van der Waals surface area contributed by atoms with E-state index in [1.165, 1.54) is 0 Å². The molecular formula is C12H26N2O2S. The molecule has 0 aliphatic carbocycles. The van der Waals surface area contributed by atoms with Gasteiger partial charge in [0.15, 0.2) is 0 Å². The first-order valence-electron chi connectivity index (χ1n) is 6.45. The number of piperidine rings is 1. The van der Waals surface area contributed by atoms with Crippen LogP contribution in [-0.4, -0.2) is 36.6 Å². The van der Waals surface area contributed by atoms with Gasteiger partial charge in [-0.2, -0.15) is 4.31 Å². The van der Waals surface area contributed by atoms with E-state index in [1.54, 1.807) is 25.1 Å². The molecule has 2 atom stereocenters. The van der Waals surface area contributed by atoms with Crippen molar-refractivity contribution in [2.24, 2.45) is 11.7 Å².